The quantitative estimate of drug-likeness (QED) is 0.537. The molecule has 0 spiro atoms. The van der Waals surface area contributed by atoms with Gasteiger partial charge in [0.25, 0.3) is 5.91 Å². The molecule has 0 bridgehead atoms. The summed E-state index contributed by atoms with van der Waals surface area (Å²) in [5, 5.41) is 2.74. The van der Waals surface area contributed by atoms with Gasteiger partial charge < -0.3 is 15.0 Å². The lowest BCUT2D eigenvalue weighted by Gasteiger charge is -2.35. The molecule has 140 valence electrons. The van der Waals surface area contributed by atoms with E-state index in [0.717, 1.165) is 18.4 Å². The van der Waals surface area contributed by atoms with Gasteiger partial charge in [0, 0.05) is 26.3 Å². The van der Waals surface area contributed by atoms with E-state index in [1.807, 2.05) is 30.3 Å². The molecule has 1 saturated heterocycles. The summed E-state index contributed by atoms with van der Waals surface area (Å²) < 4.78 is 5.39. The number of carbonyl (C=O) groups is 3. The Bertz CT molecular complexity index is 624. The van der Waals surface area contributed by atoms with Crippen LogP contribution in [0.5, 0.6) is 0 Å². The van der Waals surface area contributed by atoms with Crippen LogP contribution in [0.25, 0.3) is 0 Å². The third kappa shape index (κ3) is 4.91. The van der Waals surface area contributed by atoms with Gasteiger partial charge in [-0.3, -0.25) is 14.4 Å². The first-order valence-electron chi connectivity index (χ1n) is 9.33. The van der Waals surface area contributed by atoms with Crippen LogP contribution >= 0.6 is 0 Å². The SMILES string of the molecule is O=CN(Cc1ccccc1)C(C(=O)C(=O)NCC1CC1)C1CCOCC1. The maximum Gasteiger partial charge on any atom is 0.289 e. The minimum Gasteiger partial charge on any atom is -0.381 e. The summed E-state index contributed by atoms with van der Waals surface area (Å²) >= 11 is 0. The molecule has 0 radical (unpaired) electrons. The Morgan fingerprint density at radius 1 is 1.15 bits per heavy atom. The maximum absolute atomic E-state index is 12.9. The van der Waals surface area contributed by atoms with Crippen LogP contribution < -0.4 is 5.32 Å². The Morgan fingerprint density at radius 3 is 2.46 bits per heavy atom. The Balaban J connectivity index is 1.74. The molecule has 1 aromatic rings. The van der Waals surface area contributed by atoms with Crippen LogP contribution in [-0.4, -0.2) is 48.8 Å². The first kappa shape index (κ1) is 18.6. The molecule has 1 saturated carbocycles. The average Bonchev–Trinajstić information content (AvgIpc) is 3.51. The van der Waals surface area contributed by atoms with Crippen LogP contribution in [-0.2, 0) is 25.7 Å². The standard InChI is InChI=1S/C20H26N2O4/c23-14-22(13-16-4-2-1-3-5-16)18(17-8-10-26-11-9-17)19(24)20(25)21-12-15-6-7-15/h1-5,14-15,17-18H,6-13H2,(H,21,25). The van der Waals surface area contributed by atoms with E-state index in [1.165, 1.54) is 4.90 Å². The summed E-state index contributed by atoms with van der Waals surface area (Å²) in [4.78, 5) is 38.6. The number of nitrogens with one attached hydrogen (secondary N) is 1. The monoisotopic (exact) mass is 358 g/mol. The highest BCUT2D eigenvalue weighted by Gasteiger charge is 2.38. The van der Waals surface area contributed by atoms with Crippen molar-refractivity contribution in [2.75, 3.05) is 19.8 Å². The van der Waals surface area contributed by atoms with Crippen molar-refractivity contribution in [1.82, 2.24) is 10.2 Å². The minimum absolute atomic E-state index is 0.0585. The van der Waals surface area contributed by atoms with Crippen LogP contribution in [0.3, 0.4) is 0 Å². The number of rotatable bonds is 9. The zero-order valence-corrected chi connectivity index (χ0v) is 14.9. The van der Waals surface area contributed by atoms with Crippen molar-refractivity contribution in [2.24, 2.45) is 11.8 Å². The Morgan fingerprint density at radius 2 is 1.85 bits per heavy atom. The second-order valence-electron chi connectivity index (χ2n) is 7.18. The second kappa shape index (κ2) is 8.94. The molecule has 2 aliphatic rings. The third-order valence-electron chi connectivity index (χ3n) is 5.15. The van der Waals surface area contributed by atoms with Crippen LogP contribution in [0.2, 0.25) is 0 Å². The molecule has 1 aliphatic heterocycles. The van der Waals surface area contributed by atoms with E-state index >= 15 is 0 Å². The van der Waals surface area contributed by atoms with Gasteiger partial charge in [-0.15, -0.1) is 0 Å². The summed E-state index contributed by atoms with van der Waals surface area (Å²) in [6.45, 7) is 1.96. The van der Waals surface area contributed by atoms with E-state index in [1.54, 1.807) is 0 Å². The van der Waals surface area contributed by atoms with E-state index in [9.17, 15) is 14.4 Å². The lowest BCUT2D eigenvalue weighted by atomic mass is 9.87. The van der Waals surface area contributed by atoms with Gasteiger partial charge in [-0.2, -0.15) is 0 Å². The van der Waals surface area contributed by atoms with Gasteiger partial charge in [0.05, 0.1) is 0 Å². The predicted molar refractivity (Wildman–Crippen MR) is 96.1 cm³/mol. The van der Waals surface area contributed by atoms with Crippen molar-refractivity contribution in [3.05, 3.63) is 35.9 Å². The van der Waals surface area contributed by atoms with Crippen molar-refractivity contribution >= 4 is 18.1 Å². The second-order valence-corrected chi connectivity index (χ2v) is 7.18. The van der Waals surface area contributed by atoms with Gasteiger partial charge >= 0.3 is 0 Å². The Hall–Kier alpha value is -2.21. The number of amides is 2. The van der Waals surface area contributed by atoms with Gasteiger partial charge in [0.2, 0.25) is 12.2 Å². The number of hydrogen-bond acceptors (Lipinski definition) is 4. The third-order valence-corrected chi connectivity index (χ3v) is 5.15. The van der Waals surface area contributed by atoms with E-state index in [2.05, 4.69) is 5.32 Å². The molecule has 26 heavy (non-hydrogen) atoms. The molecule has 1 heterocycles. The van der Waals surface area contributed by atoms with Crippen molar-refractivity contribution in [1.29, 1.82) is 0 Å². The smallest absolute Gasteiger partial charge is 0.289 e. The topological polar surface area (TPSA) is 75.7 Å². The van der Waals surface area contributed by atoms with Crippen LogP contribution in [0.1, 0.15) is 31.2 Å². The summed E-state index contributed by atoms with van der Waals surface area (Å²) in [5.74, 6) is -0.648. The number of Topliss-reactive ketones (excluding diaryl/α,β-unsaturated/α-hetero) is 1. The van der Waals surface area contributed by atoms with E-state index in [0.29, 0.717) is 51.5 Å². The first-order valence-corrected chi connectivity index (χ1v) is 9.33. The number of benzene rings is 1. The highest BCUT2D eigenvalue weighted by atomic mass is 16.5. The molecule has 2 fully saturated rings. The van der Waals surface area contributed by atoms with Crippen molar-refractivity contribution in [3.8, 4) is 0 Å². The molecule has 1 aromatic carbocycles. The molecule has 6 heteroatoms. The molecular weight excluding hydrogens is 332 g/mol. The lowest BCUT2D eigenvalue weighted by molar-refractivity contribution is -0.145. The summed E-state index contributed by atoms with van der Waals surface area (Å²) in [6, 6.07) is 8.78. The number of nitrogens with zero attached hydrogens (tertiary/aromatic N) is 1. The molecule has 2 amide bonds. The van der Waals surface area contributed by atoms with Gasteiger partial charge in [-0.25, -0.2) is 0 Å². The van der Waals surface area contributed by atoms with E-state index in [4.69, 9.17) is 4.74 Å². The summed E-state index contributed by atoms with van der Waals surface area (Å²) in [5.41, 5.74) is 0.933. The van der Waals surface area contributed by atoms with Gasteiger partial charge in [-0.1, -0.05) is 30.3 Å². The minimum atomic E-state index is -0.740. The fourth-order valence-electron chi connectivity index (χ4n) is 3.44. The molecule has 1 aliphatic carbocycles. The van der Waals surface area contributed by atoms with Crippen molar-refractivity contribution in [3.63, 3.8) is 0 Å². The van der Waals surface area contributed by atoms with Crippen molar-refractivity contribution in [2.45, 2.75) is 38.3 Å². The molecule has 1 unspecified atom stereocenters. The van der Waals surface area contributed by atoms with Crippen LogP contribution in [0, 0.1) is 11.8 Å². The normalized spacial score (nSPS) is 18.8. The van der Waals surface area contributed by atoms with Crippen molar-refractivity contribution < 1.29 is 19.1 Å². The highest BCUT2D eigenvalue weighted by molar-refractivity contribution is 6.38. The molecule has 0 aromatic heterocycles. The average molecular weight is 358 g/mol. The van der Waals surface area contributed by atoms with E-state index < -0.39 is 17.7 Å². The Kier molecular flexibility index (Phi) is 6.39. The number of hydrogen-bond donors (Lipinski definition) is 1. The van der Waals surface area contributed by atoms with Gasteiger partial charge in [-0.05, 0) is 43.1 Å². The fraction of sp³-hybridized carbons (Fsp3) is 0.550. The molecule has 3 rings (SSSR count). The zero-order valence-electron chi connectivity index (χ0n) is 14.9. The lowest BCUT2D eigenvalue weighted by Crippen LogP contribution is -2.52. The number of ether oxygens (including phenoxy) is 1. The largest absolute Gasteiger partial charge is 0.381 e. The summed E-state index contributed by atoms with van der Waals surface area (Å²) in [6.07, 6.45) is 4.24. The predicted octanol–water partition coefficient (Wildman–Crippen LogP) is 1.54. The zero-order chi connectivity index (χ0) is 18.4. The highest BCUT2D eigenvalue weighted by Crippen LogP contribution is 2.28. The number of ketones is 1. The Labute approximate surface area is 153 Å². The van der Waals surface area contributed by atoms with Crippen LogP contribution in [0.15, 0.2) is 30.3 Å². The molecule has 1 atom stereocenters. The summed E-state index contributed by atoms with van der Waals surface area (Å²) in [7, 11) is 0. The number of carbonyl (C=O) groups excluding carboxylic acids is 3. The fourth-order valence-corrected chi connectivity index (χ4v) is 3.44. The maximum atomic E-state index is 12.9. The van der Waals surface area contributed by atoms with Crippen LogP contribution in [0.4, 0.5) is 0 Å². The van der Waals surface area contributed by atoms with Gasteiger partial charge in [0.1, 0.15) is 6.04 Å². The molecule has 6 nitrogen and oxygen atoms in total. The first-order chi connectivity index (χ1) is 12.7. The van der Waals surface area contributed by atoms with E-state index in [-0.39, 0.29) is 5.92 Å². The van der Waals surface area contributed by atoms with Gasteiger partial charge in [0.15, 0.2) is 0 Å². The molecular formula is C20H26N2O4. The molecule has 1 N–H and O–H groups in total.